The molecule has 0 saturated heterocycles. The van der Waals surface area contributed by atoms with Crippen LogP contribution in [0.1, 0.15) is 29.5 Å². The van der Waals surface area contributed by atoms with Crippen LogP contribution in [0, 0.1) is 20.8 Å². The first kappa shape index (κ1) is 25.1. The minimum atomic E-state index is -0.501. The molecule has 2 aromatic rings. The Bertz CT molecular complexity index is 1030. The van der Waals surface area contributed by atoms with E-state index < -0.39 is 11.8 Å². The molecule has 0 aliphatic heterocycles. The Morgan fingerprint density at radius 3 is 2.31 bits per heavy atom. The third-order valence-corrected chi connectivity index (χ3v) is 4.74. The Balaban J connectivity index is 1.65. The van der Waals surface area contributed by atoms with Crippen LogP contribution in [-0.4, -0.2) is 29.4 Å². The number of anilines is 1. The van der Waals surface area contributed by atoms with Crippen LogP contribution < -0.4 is 26.2 Å². The van der Waals surface area contributed by atoms with E-state index in [4.69, 9.17) is 28.6 Å². The molecule has 170 valence electrons. The van der Waals surface area contributed by atoms with Crippen molar-refractivity contribution in [1.82, 2.24) is 16.2 Å². The maximum absolute atomic E-state index is 12.1. The maximum Gasteiger partial charge on any atom is 0.264 e. The number of hydrogen-bond acceptors (Lipinski definition) is 5. The molecule has 0 aliphatic rings. The molecular formula is C22H25ClN4O4S. The van der Waals surface area contributed by atoms with Gasteiger partial charge >= 0.3 is 0 Å². The quantitative estimate of drug-likeness (QED) is 0.361. The molecule has 0 fully saturated rings. The number of rotatable bonds is 7. The van der Waals surface area contributed by atoms with E-state index in [-0.39, 0.29) is 30.5 Å². The summed E-state index contributed by atoms with van der Waals surface area (Å²) in [6.45, 7) is 5.41. The summed E-state index contributed by atoms with van der Waals surface area (Å²) in [5, 5.41) is 5.63. The van der Waals surface area contributed by atoms with Crippen molar-refractivity contribution in [3.63, 3.8) is 0 Å². The highest BCUT2D eigenvalue weighted by atomic mass is 35.5. The average Bonchev–Trinajstić information content (AvgIpc) is 2.72. The van der Waals surface area contributed by atoms with Gasteiger partial charge in [0.25, 0.3) is 5.91 Å². The molecule has 0 saturated carbocycles. The van der Waals surface area contributed by atoms with E-state index in [1.54, 1.807) is 18.2 Å². The van der Waals surface area contributed by atoms with E-state index in [1.807, 2.05) is 39.0 Å². The number of benzene rings is 2. The molecule has 2 rings (SSSR count). The van der Waals surface area contributed by atoms with Gasteiger partial charge in [-0.1, -0.05) is 29.3 Å². The number of halogens is 1. The van der Waals surface area contributed by atoms with Crippen LogP contribution in [-0.2, 0) is 14.4 Å². The third-order valence-electron chi connectivity index (χ3n) is 4.30. The van der Waals surface area contributed by atoms with Gasteiger partial charge < -0.3 is 10.1 Å². The number of hydrazine groups is 1. The first-order valence-corrected chi connectivity index (χ1v) is 10.6. The zero-order valence-electron chi connectivity index (χ0n) is 18.0. The van der Waals surface area contributed by atoms with E-state index in [1.165, 1.54) is 0 Å². The van der Waals surface area contributed by atoms with Crippen LogP contribution in [0.5, 0.6) is 5.75 Å². The van der Waals surface area contributed by atoms with Gasteiger partial charge in [0, 0.05) is 23.6 Å². The van der Waals surface area contributed by atoms with Gasteiger partial charge in [0.15, 0.2) is 11.7 Å². The van der Waals surface area contributed by atoms with Gasteiger partial charge in [0.2, 0.25) is 11.8 Å². The SMILES string of the molecule is Cc1ccc(NC(=O)CCC(=O)NNC(=S)NC(=O)COc2ccc(Cl)cc2C)c(C)c1. The van der Waals surface area contributed by atoms with Gasteiger partial charge in [0.05, 0.1) is 0 Å². The van der Waals surface area contributed by atoms with Gasteiger partial charge in [-0.2, -0.15) is 0 Å². The maximum atomic E-state index is 12.1. The molecular weight excluding hydrogens is 452 g/mol. The Morgan fingerprint density at radius 2 is 1.62 bits per heavy atom. The van der Waals surface area contributed by atoms with Gasteiger partial charge in [-0.3, -0.25) is 30.6 Å². The zero-order valence-corrected chi connectivity index (χ0v) is 19.6. The summed E-state index contributed by atoms with van der Waals surface area (Å²) in [4.78, 5) is 35.9. The predicted molar refractivity (Wildman–Crippen MR) is 127 cm³/mol. The molecule has 0 aliphatic carbocycles. The molecule has 3 amide bonds. The smallest absolute Gasteiger partial charge is 0.264 e. The van der Waals surface area contributed by atoms with Crippen LogP contribution >= 0.6 is 23.8 Å². The summed E-state index contributed by atoms with van der Waals surface area (Å²) in [7, 11) is 0. The van der Waals surface area contributed by atoms with E-state index in [0.29, 0.717) is 16.5 Å². The summed E-state index contributed by atoms with van der Waals surface area (Å²) in [5.74, 6) is -0.710. The van der Waals surface area contributed by atoms with Crippen LogP contribution in [0.3, 0.4) is 0 Å². The molecule has 10 heteroatoms. The molecule has 0 aromatic heterocycles. The van der Waals surface area contributed by atoms with Crippen molar-refractivity contribution in [1.29, 1.82) is 0 Å². The van der Waals surface area contributed by atoms with Crippen LogP contribution in [0.2, 0.25) is 5.02 Å². The molecule has 4 N–H and O–H groups in total. The highest BCUT2D eigenvalue weighted by Gasteiger charge is 2.11. The molecule has 32 heavy (non-hydrogen) atoms. The van der Waals surface area contributed by atoms with Crippen LogP contribution in [0.4, 0.5) is 5.69 Å². The molecule has 0 bridgehead atoms. The topological polar surface area (TPSA) is 109 Å². The van der Waals surface area contributed by atoms with Crippen molar-refractivity contribution in [3.8, 4) is 5.75 Å². The Morgan fingerprint density at radius 1 is 0.906 bits per heavy atom. The highest BCUT2D eigenvalue weighted by molar-refractivity contribution is 7.80. The van der Waals surface area contributed by atoms with Gasteiger partial charge in [-0.05, 0) is 68.4 Å². The zero-order chi connectivity index (χ0) is 23.7. The summed E-state index contributed by atoms with van der Waals surface area (Å²) < 4.78 is 5.42. The Hall–Kier alpha value is -3.17. The fourth-order valence-corrected chi connectivity index (χ4v) is 3.09. The minimum absolute atomic E-state index is 0.00572. The standard InChI is InChI=1S/C22H25ClN4O4S/c1-13-4-6-17(14(2)10-13)24-19(28)8-9-20(29)26-27-22(32)25-21(30)12-31-18-7-5-16(23)11-15(18)3/h4-7,10-11H,8-9,12H2,1-3H3,(H,24,28)(H,26,29)(H2,25,27,30,32). The van der Waals surface area contributed by atoms with Crippen molar-refractivity contribution >= 4 is 52.3 Å². The number of carbonyl (C=O) groups is 3. The molecule has 0 spiro atoms. The number of hydrogen-bond donors (Lipinski definition) is 4. The predicted octanol–water partition coefficient (Wildman–Crippen LogP) is 3.08. The first-order valence-electron chi connectivity index (χ1n) is 9.79. The number of ether oxygens (including phenoxy) is 1. The van der Waals surface area contributed by atoms with Gasteiger partial charge in [-0.25, -0.2) is 0 Å². The first-order chi connectivity index (χ1) is 15.1. The molecule has 8 nitrogen and oxygen atoms in total. The second-order valence-electron chi connectivity index (χ2n) is 7.12. The van der Waals surface area contributed by atoms with E-state index in [2.05, 4.69) is 21.5 Å². The van der Waals surface area contributed by atoms with Crippen molar-refractivity contribution in [2.75, 3.05) is 11.9 Å². The highest BCUT2D eigenvalue weighted by Crippen LogP contribution is 2.21. The van der Waals surface area contributed by atoms with Crippen molar-refractivity contribution < 1.29 is 19.1 Å². The lowest BCUT2D eigenvalue weighted by atomic mass is 10.1. The van der Waals surface area contributed by atoms with Crippen molar-refractivity contribution in [2.45, 2.75) is 33.6 Å². The largest absolute Gasteiger partial charge is 0.483 e. The lowest BCUT2D eigenvalue weighted by Gasteiger charge is -2.12. The molecule has 0 radical (unpaired) electrons. The fourth-order valence-electron chi connectivity index (χ4n) is 2.69. The summed E-state index contributed by atoms with van der Waals surface area (Å²) >= 11 is 10.8. The Labute approximate surface area is 197 Å². The third kappa shape index (κ3) is 8.52. The average molecular weight is 477 g/mol. The lowest BCUT2D eigenvalue weighted by Crippen LogP contribution is -2.49. The van der Waals surface area contributed by atoms with Crippen LogP contribution in [0.25, 0.3) is 0 Å². The van der Waals surface area contributed by atoms with Gasteiger partial charge in [-0.15, -0.1) is 0 Å². The molecule has 0 unspecified atom stereocenters. The van der Waals surface area contributed by atoms with Crippen molar-refractivity contribution in [2.24, 2.45) is 0 Å². The number of thiocarbonyl (C=S) groups is 1. The summed E-state index contributed by atoms with van der Waals surface area (Å²) in [5.41, 5.74) is 8.29. The van der Waals surface area contributed by atoms with E-state index in [9.17, 15) is 14.4 Å². The van der Waals surface area contributed by atoms with Crippen LogP contribution in [0.15, 0.2) is 36.4 Å². The molecule has 0 heterocycles. The number of nitrogens with one attached hydrogen (secondary N) is 4. The summed E-state index contributed by atoms with van der Waals surface area (Å²) in [6.07, 6.45) is -0.0620. The number of aryl methyl sites for hydroxylation is 3. The number of carbonyl (C=O) groups excluding carboxylic acids is 3. The van der Waals surface area contributed by atoms with Gasteiger partial charge in [0.1, 0.15) is 5.75 Å². The van der Waals surface area contributed by atoms with Crippen molar-refractivity contribution in [3.05, 3.63) is 58.1 Å². The second-order valence-corrected chi connectivity index (χ2v) is 7.96. The molecule has 0 atom stereocenters. The number of amides is 3. The monoisotopic (exact) mass is 476 g/mol. The Kier molecular flexibility index (Phi) is 9.42. The second kappa shape index (κ2) is 12.0. The lowest BCUT2D eigenvalue weighted by molar-refractivity contribution is -0.125. The summed E-state index contributed by atoms with van der Waals surface area (Å²) in [6, 6.07) is 10.7. The molecule has 2 aromatic carbocycles. The normalized spacial score (nSPS) is 10.1. The van der Waals surface area contributed by atoms with E-state index >= 15 is 0 Å². The minimum Gasteiger partial charge on any atom is -0.483 e. The van der Waals surface area contributed by atoms with E-state index in [0.717, 1.165) is 16.7 Å². The fraction of sp³-hybridized carbons (Fsp3) is 0.273.